The summed E-state index contributed by atoms with van der Waals surface area (Å²) in [5.74, 6) is -2.40. The zero-order valence-corrected chi connectivity index (χ0v) is 21.1. The molecule has 39 heavy (non-hydrogen) atoms. The molecule has 7 nitrogen and oxygen atoms in total. The molecule has 0 saturated heterocycles. The van der Waals surface area contributed by atoms with E-state index in [0.29, 0.717) is 42.1 Å². The number of fused-ring (bicyclic) bond motifs is 1. The number of aromatic nitrogens is 2. The highest BCUT2D eigenvalue weighted by molar-refractivity contribution is 6.00. The van der Waals surface area contributed by atoms with Gasteiger partial charge in [-0.2, -0.15) is 26.3 Å². The van der Waals surface area contributed by atoms with Crippen LogP contribution in [-0.2, 0) is 22.3 Å². The van der Waals surface area contributed by atoms with Crippen molar-refractivity contribution in [2.45, 2.75) is 52.2 Å². The number of nitrogens with one attached hydrogen (secondary N) is 1. The number of carbonyl (C=O) groups is 2. The van der Waals surface area contributed by atoms with Gasteiger partial charge in [0.05, 0.1) is 29.5 Å². The van der Waals surface area contributed by atoms with Crippen LogP contribution in [0.2, 0.25) is 0 Å². The number of nitrogens with zero attached hydrogens (tertiary/aromatic N) is 2. The van der Waals surface area contributed by atoms with Crippen LogP contribution in [0.4, 0.5) is 26.3 Å². The van der Waals surface area contributed by atoms with Gasteiger partial charge in [0.15, 0.2) is 6.10 Å². The Morgan fingerprint density at radius 3 is 2.36 bits per heavy atom. The van der Waals surface area contributed by atoms with Crippen LogP contribution in [0.3, 0.4) is 0 Å². The fourth-order valence-electron chi connectivity index (χ4n) is 3.60. The summed E-state index contributed by atoms with van der Waals surface area (Å²) in [5.41, 5.74) is -0.0601. The van der Waals surface area contributed by atoms with E-state index in [1.54, 1.807) is 42.7 Å². The second kappa shape index (κ2) is 11.8. The van der Waals surface area contributed by atoms with Gasteiger partial charge in [-0.1, -0.05) is 19.1 Å². The van der Waals surface area contributed by atoms with Crippen molar-refractivity contribution in [3.05, 3.63) is 65.5 Å². The van der Waals surface area contributed by atoms with E-state index >= 15 is 0 Å². The van der Waals surface area contributed by atoms with E-state index in [-0.39, 0.29) is 18.8 Å². The van der Waals surface area contributed by atoms with Gasteiger partial charge in [0, 0.05) is 11.3 Å². The number of ether oxygens (including phenoxy) is 2. The number of esters is 1. The molecule has 1 aromatic heterocycles. The Morgan fingerprint density at radius 1 is 1.05 bits per heavy atom. The topological polar surface area (TPSA) is 82.5 Å². The third-order valence-electron chi connectivity index (χ3n) is 5.51. The highest BCUT2D eigenvalue weighted by atomic mass is 19.4. The second-order valence-corrected chi connectivity index (χ2v) is 8.37. The third-order valence-corrected chi connectivity index (χ3v) is 5.51. The molecule has 0 bridgehead atoms. The molecule has 1 atom stereocenters. The van der Waals surface area contributed by atoms with Crippen LogP contribution in [0.5, 0.6) is 5.75 Å². The van der Waals surface area contributed by atoms with Crippen LogP contribution in [0.1, 0.15) is 48.7 Å². The molecule has 0 aliphatic rings. The fourth-order valence-corrected chi connectivity index (χ4v) is 3.60. The summed E-state index contributed by atoms with van der Waals surface area (Å²) < 4.78 is 90.4. The number of halogens is 6. The van der Waals surface area contributed by atoms with E-state index in [2.05, 4.69) is 15.0 Å². The average molecular weight is 557 g/mol. The van der Waals surface area contributed by atoms with Crippen molar-refractivity contribution >= 4 is 28.6 Å². The van der Waals surface area contributed by atoms with Gasteiger partial charge in [-0.3, -0.25) is 9.59 Å². The molecule has 1 N–H and O–H groups in total. The minimum atomic E-state index is -5.08. The van der Waals surface area contributed by atoms with Crippen molar-refractivity contribution in [3.8, 4) is 5.75 Å². The molecule has 0 aliphatic heterocycles. The lowest BCUT2D eigenvalue weighted by Crippen LogP contribution is -2.32. The largest absolute Gasteiger partial charge is 0.481 e. The molecular weight excluding hydrogens is 532 g/mol. The van der Waals surface area contributed by atoms with Gasteiger partial charge in [-0.15, -0.1) is 0 Å². The summed E-state index contributed by atoms with van der Waals surface area (Å²) >= 11 is 0. The summed E-state index contributed by atoms with van der Waals surface area (Å²) in [6, 6.07) is 7.03. The van der Waals surface area contributed by atoms with Crippen molar-refractivity contribution in [3.63, 3.8) is 0 Å². The molecule has 1 amide bonds. The molecule has 0 saturated carbocycles. The van der Waals surface area contributed by atoms with Gasteiger partial charge in [0.25, 0.3) is 5.91 Å². The quantitative estimate of drug-likeness (QED) is 0.253. The molecule has 13 heteroatoms. The molecule has 0 aliphatic carbocycles. The maximum absolute atomic E-state index is 13.6. The minimum Gasteiger partial charge on any atom is -0.481 e. The van der Waals surface area contributed by atoms with E-state index in [0.717, 1.165) is 6.07 Å². The van der Waals surface area contributed by atoms with E-state index in [4.69, 9.17) is 4.74 Å². The maximum atomic E-state index is 13.6. The van der Waals surface area contributed by atoms with Crippen LogP contribution in [-0.4, -0.2) is 40.3 Å². The first-order valence-electron chi connectivity index (χ1n) is 11.8. The number of hydrogen-bond acceptors (Lipinski definition) is 5. The van der Waals surface area contributed by atoms with E-state index < -0.39 is 47.2 Å². The van der Waals surface area contributed by atoms with Gasteiger partial charge >= 0.3 is 18.3 Å². The predicted molar refractivity (Wildman–Crippen MR) is 130 cm³/mol. The molecule has 2 aromatic carbocycles. The maximum Gasteiger partial charge on any atom is 0.425 e. The zero-order valence-electron chi connectivity index (χ0n) is 21.1. The van der Waals surface area contributed by atoms with Crippen LogP contribution < -0.4 is 10.1 Å². The van der Waals surface area contributed by atoms with Crippen LogP contribution in [0.25, 0.3) is 16.7 Å². The average Bonchev–Trinajstić information content (AvgIpc) is 3.24. The lowest BCUT2D eigenvalue weighted by Gasteiger charge is -2.21. The first-order valence-corrected chi connectivity index (χ1v) is 11.8. The van der Waals surface area contributed by atoms with Gasteiger partial charge in [0.2, 0.25) is 0 Å². The SMILES string of the molecule is CC/C=C(/NC(=O)c1ccc(OC(C)C(F)(F)F)c(C(F)(F)F)c1)c1ccc2c(c1)ncn2CC(=O)OCC. The summed E-state index contributed by atoms with van der Waals surface area (Å²) in [4.78, 5) is 29.0. The predicted octanol–water partition coefficient (Wildman–Crippen LogP) is 6.13. The smallest absolute Gasteiger partial charge is 0.425 e. The number of benzene rings is 2. The Labute approximate surface area is 219 Å². The van der Waals surface area contributed by atoms with Crippen molar-refractivity contribution in [1.82, 2.24) is 14.9 Å². The van der Waals surface area contributed by atoms with Crippen molar-refractivity contribution in [2.24, 2.45) is 0 Å². The lowest BCUT2D eigenvalue weighted by atomic mass is 10.1. The number of amides is 1. The first-order chi connectivity index (χ1) is 18.2. The summed E-state index contributed by atoms with van der Waals surface area (Å²) in [6.07, 6.45) is -8.90. The van der Waals surface area contributed by atoms with Crippen molar-refractivity contribution in [1.29, 1.82) is 0 Å². The normalized spacial score (nSPS) is 13.3. The number of alkyl halides is 6. The third kappa shape index (κ3) is 7.30. The molecule has 0 spiro atoms. The highest BCUT2D eigenvalue weighted by Gasteiger charge is 2.41. The molecule has 0 radical (unpaired) electrons. The van der Waals surface area contributed by atoms with E-state index in [1.807, 2.05) is 0 Å². The van der Waals surface area contributed by atoms with Gasteiger partial charge in [-0.05, 0) is 56.2 Å². The minimum absolute atomic E-state index is 0.0545. The second-order valence-electron chi connectivity index (χ2n) is 8.37. The molecule has 210 valence electrons. The van der Waals surface area contributed by atoms with Gasteiger partial charge in [-0.25, -0.2) is 4.98 Å². The van der Waals surface area contributed by atoms with Crippen molar-refractivity contribution in [2.75, 3.05) is 6.61 Å². The Balaban J connectivity index is 1.88. The standard InChI is InChI=1S/C26H25F6N3O4/c1-4-6-19(16-7-9-21-20(12-16)33-14-35(21)13-23(36)38-5-2)34-24(37)17-8-10-22(18(11-17)26(30,31)32)39-15(3)25(27,28)29/h6-12,14-15H,4-5,13H2,1-3H3,(H,34,37)/b19-6+. The van der Waals surface area contributed by atoms with Crippen LogP contribution >= 0.6 is 0 Å². The molecule has 1 heterocycles. The summed E-state index contributed by atoms with van der Waals surface area (Å²) in [6.45, 7) is 4.23. The summed E-state index contributed by atoms with van der Waals surface area (Å²) in [7, 11) is 0. The van der Waals surface area contributed by atoms with Gasteiger partial charge in [0.1, 0.15) is 12.3 Å². The number of imidazole rings is 1. The number of rotatable bonds is 9. The molecular formula is C26H25F6N3O4. The highest BCUT2D eigenvalue weighted by Crippen LogP contribution is 2.38. The van der Waals surface area contributed by atoms with Crippen molar-refractivity contribution < 1.29 is 45.4 Å². The van der Waals surface area contributed by atoms with Gasteiger partial charge < -0.3 is 19.4 Å². The molecule has 3 aromatic rings. The fraction of sp³-hybridized carbons (Fsp3) is 0.346. The number of carbonyl (C=O) groups excluding carboxylic acids is 2. The number of hydrogen-bond donors (Lipinski definition) is 1. The Bertz CT molecular complexity index is 1380. The summed E-state index contributed by atoms with van der Waals surface area (Å²) in [5, 5.41) is 2.56. The zero-order chi connectivity index (χ0) is 29.0. The lowest BCUT2D eigenvalue weighted by molar-refractivity contribution is -0.191. The Hall–Kier alpha value is -4.03. The van der Waals surface area contributed by atoms with Crippen LogP contribution in [0.15, 0.2) is 48.8 Å². The first kappa shape index (κ1) is 29.5. The monoisotopic (exact) mass is 557 g/mol. The Morgan fingerprint density at radius 2 is 1.74 bits per heavy atom. The van der Waals surface area contributed by atoms with E-state index in [9.17, 15) is 35.9 Å². The Kier molecular flexibility index (Phi) is 8.92. The molecule has 0 fully saturated rings. The number of allylic oxidation sites excluding steroid dienone is 1. The molecule has 3 rings (SSSR count). The molecule has 1 unspecified atom stereocenters. The van der Waals surface area contributed by atoms with Crippen LogP contribution in [0, 0.1) is 0 Å². The van der Waals surface area contributed by atoms with E-state index in [1.165, 1.54) is 6.33 Å².